The summed E-state index contributed by atoms with van der Waals surface area (Å²) < 4.78 is 11.1. The number of aliphatic hydroxyl groups excluding tert-OH is 2. The van der Waals surface area contributed by atoms with Gasteiger partial charge in [-0.25, -0.2) is 0 Å². The van der Waals surface area contributed by atoms with Crippen molar-refractivity contribution in [3.63, 3.8) is 0 Å². The molecule has 2 aromatic carbocycles. The number of aliphatic hydroxyl groups is 2. The Morgan fingerprint density at radius 1 is 1.11 bits per heavy atom. The maximum atomic E-state index is 10.5. The fourth-order valence-electron chi connectivity index (χ4n) is 2.75. The van der Waals surface area contributed by atoms with Crippen LogP contribution in [0.5, 0.6) is 11.5 Å². The number of aromatic hydroxyl groups is 1. The minimum absolute atomic E-state index is 0.0418. The lowest BCUT2D eigenvalue weighted by Crippen LogP contribution is -2.03. The van der Waals surface area contributed by atoms with Gasteiger partial charge in [-0.1, -0.05) is 28.1 Å². The van der Waals surface area contributed by atoms with Crippen molar-refractivity contribution in [2.24, 2.45) is 0 Å². The second-order valence-corrected chi connectivity index (χ2v) is 7.25. The Bertz CT molecular complexity index is 825. The molecule has 0 unspecified atom stereocenters. The minimum atomic E-state index is -0.861. The molecule has 5 nitrogen and oxygen atoms in total. The molecule has 0 aliphatic carbocycles. The first-order chi connectivity index (χ1) is 13.4. The largest absolute Gasteiger partial charge is 0.508 e. The fourth-order valence-corrected chi connectivity index (χ4v) is 3.12. The number of hydrogen-bond donors (Lipinski definition) is 3. The minimum Gasteiger partial charge on any atom is -0.508 e. The summed E-state index contributed by atoms with van der Waals surface area (Å²) in [5.41, 5.74) is 5.10. The molecular weight excluding hydrogens is 424 g/mol. The monoisotopic (exact) mass is 448 g/mol. The normalized spacial score (nSPS) is 12.8. The third kappa shape index (κ3) is 6.51. The van der Waals surface area contributed by atoms with Crippen molar-refractivity contribution in [2.45, 2.75) is 25.0 Å². The number of phenols is 1. The zero-order valence-corrected chi connectivity index (χ0v) is 17.5. The number of rotatable bonds is 9. The Hall–Kier alpha value is -2.08. The average molecular weight is 449 g/mol. The molecule has 28 heavy (non-hydrogen) atoms. The van der Waals surface area contributed by atoms with Crippen molar-refractivity contribution in [3.8, 4) is 11.5 Å². The molecule has 0 heterocycles. The number of phenolic OH excluding ortho intramolecular Hbond substituents is 1. The summed E-state index contributed by atoms with van der Waals surface area (Å²) in [7, 11) is 3.17. The third-order valence-electron chi connectivity index (χ3n) is 4.25. The Balaban J connectivity index is 2.08. The van der Waals surface area contributed by atoms with Crippen molar-refractivity contribution in [3.05, 3.63) is 75.4 Å². The van der Waals surface area contributed by atoms with Crippen molar-refractivity contribution < 1.29 is 24.8 Å². The van der Waals surface area contributed by atoms with Crippen LogP contribution in [0.2, 0.25) is 0 Å². The number of methoxy groups -OCH3 is 2. The molecule has 6 heteroatoms. The van der Waals surface area contributed by atoms with Crippen molar-refractivity contribution in [1.29, 1.82) is 0 Å². The van der Waals surface area contributed by atoms with Crippen LogP contribution in [0.3, 0.4) is 0 Å². The van der Waals surface area contributed by atoms with Gasteiger partial charge >= 0.3 is 0 Å². The summed E-state index contributed by atoms with van der Waals surface area (Å²) in [6.07, 6.45) is 0.765. The molecular formula is C22H25BrO5. The van der Waals surface area contributed by atoms with Crippen LogP contribution in [0.1, 0.15) is 36.2 Å². The van der Waals surface area contributed by atoms with E-state index in [9.17, 15) is 15.3 Å². The Kier molecular flexibility index (Phi) is 8.77. The van der Waals surface area contributed by atoms with Gasteiger partial charge in [0.2, 0.25) is 0 Å². The molecule has 2 aromatic rings. The Labute approximate surface area is 173 Å². The van der Waals surface area contributed by atoms with E-state index in [0.29, 0.717) is 18.6 Å². The molecule has 0 fully saturated rings. The highest BCUT2D eigenvalue weighted by Crippen LogP contribution is 2.29. The van der Waals surface area contributed by atoms with Gasteiger partial charge in [0.15, 0.2) is 0 Å². The molecule has 0 radical (unpaired) electrons. The molecule has 0 aliphatic heterocycles. The fraction of sp³-hybridized carbons (Fsp3) is 0.318. The van der Waals surface area contributed by atoms with E-state index < -0.39 is 12.2 Å². The molecule has 150 valence electrons. The average Bonchev–Trinajstić information content (AvgIpc) is 2.69. The summed E-state index contributed by atoms with van der Waals surface area (Å²) in [6, 6.07) is 12.2. The summed E-state index contributed by atoms with van der Waals surface area (Å²) in [5, 5.41) is 30.7. The topological polar surface area (TPSA) is 79.2 Å². The van der Waals surface area contributed by atoms with Crippen LogP contribution in [0.4, 0.5) is 0 Å². The van der Waals surface area contributed by atoms with Crippen LogP contribution < -0.4 is 4.74 Å². The van der Waals surface area contributed by atoms with E-state index in [2.05, 4.69) is 21.7 Å². The van der Waals surface area contributed by atoms with Crippen LogP contribution >= 0.6 is 15.9 Å². The van der Waals surface area contributed by atoms with Crippen LogP contribution in [0, 0.1) is 0 Å². The Morgan fingerprint density at radius 2 is 1.82 bits per heavy atom. The SMILES string of the molecule is COCC(=C=CC[C@@H](O)c1cc(Br)ccc1O)C[C@@H](O)c1ccc(OC)cc1. The maximum absolute atomic E-state index is 10.5. The van der Waals surface area contributed by atoms with Crippen molar-refractivity contribution in [1.82, 2.24) is 0 Å². The van der Waals surface area contributed by atoms with E-state index in [1.165, 1.54) is 6.07 Å². The van der Waals surface area contributed by atoms with Gasteiger partial charge in [0.25, 0.3) is 0 Å². The van der Waals surface area contributed by atoms with Gasteiger partial charge in [0, 0.05) is 30.0 Å². The highest BCUT2D eigenvalue weighted by molar-refractivity contribution is 9.10. The van der Waals surface area contributed by atoms with Crippen molar-refractivity contribution >= 4 is 15.9 Å². The standard InChI is InChI=1S/C22H25BrO5/c1-27-14-15(12-22(26)16-6-9-18(28-2)10-7-16)4-3-5-20(24)19-13-17(23)8-11-21(19)25/h3,6-11,13,20,22,24-26H,5,12,14H2,1-2H3/t4?,20-,22-/m1/s1. The van der Waals surface area contributed by atoms with E-state index >= 15 is 0 Å². The zero-order chi connectivity index (χ0) is 20.5. The van der Waals surface area contributed by atoms with Gasteiger partial charge in [0.1, 0.15) is 11.5 Å². The summed E-state index contributed by atoms with van der Waals surface area (Å²) in [5.74, 6) is 0.772. The first-order valence-corrected chi connectivity index (χ1v) is 9.64. The quantitative estimate of drug-likeness (QED) is 0.494. The highest BCUT2D eigenvalue weighted by Gasteiger charge is 2.12. The third-order valence-corrected chi connectivity index (χ3v) is 4.75. The molecule has 0 saturated heterocycles. The van der Waals surface area contributed by atoms with E-state index in [0.717, 1.165) is 21.4 Å². The summed E-state index contributed by atoms with van der Waals surface area (Å²) in [4.78, 5) is 0. The van der Waals surface area contributed by atoms with E-state index in [4.69, 9.17) is 9.47 Å². The van der Waals surface area contributed by atoms with Gasteiger partial charge < -0.3 is 24.8 Å². The van der Waals surface area contributed by atoms with Crippen LogP contribution in [0.15, 0.2) is 64.3 Å². The second kappa shape index (κ2) is 11.1. The van der Waals surface area contributed by atoms with Crippen molar-refractivity contribution in [2.75, 3.05) is 20.8 Å². The smallest absolute Gasteiger partial charge is 0.121 e. The Morgan fingerprint density at radius 3 is 2.46 bits per heavy atom. The molecule has 2 rings (SSSR count). The van der Waals surface area contributed by atoms with Gasteiger partial charge in [-0.3, -0.25) is 0 Å². The van der Waals surface area contributed by atoms with E-state index in [1.54, 1.807) is 44.6 Å². The molecule has 0 aliphatic rings. The second-order valence-electron chi connectivity index (χ2n) is 6.33. The predicted molar refractivity (Wildman–Crippen MR) is 111 cm³/mol. The summed E-state index contributed by atoms with van der Waals surface area (Å²) >= 11 is 3.33. The van der Waals surface area contributed by atoms with Gasteiger partial charge in [-0.05, 0) is 47.5 Å². The first kappa shape index (κ1) is 22.2. The predicted octanol–water partition coefficient (Wildman–Crippen LogP) is 4.44. The molecule has 0 aromatic heterocycles. The lowest BCUT2D eigenvalue weighted by atomic mass is 10.0. The number of ether oxygens (including phenoxy) is 2. The number of hydrogen-bond acceptors (Lipinski definition) is 5. The van der Waals surface area contributed by atoms with E-state index in [1.807, 2.05) is 12.1 Å². The first-order valence-electron chi connectivity index (χ1n) is 8.85. The number of halogens is 1. The molecule has 0 bridgehead atoms. The number of benzene rings is 2. The lowest BCUT2D eigenvalue weighted by Gasteiger charge is -2.13. The molecule has 3 N–H and O–H groups in total. The van der Waals surface area contributed by atoms with Gasteiger partial charge in [-0.15, -0.1) is 5.73 Å². The molecule has 2 atom stereocenters. The summed E-state index contributed by atoms with van der Waals surface area (Å²) in [6.45, 7) is 0.321. The van der Waals surface area contributed by atoms with E-state index in [-0.39, 0.29) is 12.2 Å². The zero-order valence-electron chi connectivity index (χ0n) is 15.9. The molecule has 0 amide bonds. The lowest BCUT2D eigenvalue weighted by molar-refractivity contribution is 0.164. The van der Waals surface area contributed by atoms with Crippen LogP contribution in [0.25, 0.3) is 0 Å². The maximum Gasteiger partial charge on any atom is 0.121 e. The highest BCUT2D eigenvalue weighted by atomic mass is 79.9. The molecule has 0 spiro atoms. The van der Waals surface area contributed by atoms with Gasteiger partial charge in [-0.2, -0.15) is 0 Å². The molecule has 0 saturated carbocycles. The van der Waals surface area contributed by atoms with Crippen LogP contribution in [-0.4, -0.2) is 36.1 Å². The van der Waals surface area contributed by atoms with Crippen LogP contribution in [-0.2, 0) is 4.74 Å². The van der Waals surface area contributed by atoms with Gasteiger partial charge in [0.05, 0.1) is 25.9 Å².